The van der Waals surface area contributed by atoms with E-state index in [2.05, 4.69) is 5.32 Å². The summed E-state index contributed by atoms with van der Waals surface area (Å²) < 4.78 is 4.76. The highest BCUT2D eigenvalue weighted by Crippen LogP contribution is 2.24. The van der Waals surface area contributed by atoms with Crippen molar-refractivity contribution in [1.82, 2.24) is 5.32 Å². The second-order valence-corrected chi connectivity index (χ2v) is 4.86. The zero-order chi connectivity index (χ0) is 10.9. The Bertz CT molecular complexity index is 213. The number of ether oxygens (including phenoxy) is 1. The molecule has 1 N–H and O–H groups in total. The Hall–Kier alpha value is -0.480. The number of hydrogen-bond donors (Lipinski definition) is 1. The van der Waals surface area contributed by atoms with Crippen molar-refractivity contribution in [3.8, 4) is 0 Å². The summed E-state index contributed by atoms with van der Waals surface area (Å²) in [6, 6.07) is 0. The molecule has 1 aliphatic rings. The van der Waals surface area contributed by atoms with Gasteiger partial charge < -0.3 is 10.1 Å². The first-order valence-electron chi connectivity index (χ1n) is 5.48. The van der Waals surface area contributed by atoms with Gasteiger partial charge in [-0.25, -0.2) is 4.79 Å². The minimum absolute atomic E-state index is 0.255. The van der Waals surface area contributed by atoms with Crippen LogP contribution in [-0.4, -0.2) is 36.7 Å². The summed E-state index contributed by atoms with van der Waals surface area (Å²) in [7, 11) is 0. The summed E-state index contributed by atoms with van der Waals surface area (Å²) in [5, 5.41) is 4.07. The van der Waals surface area contributed by atoms with Crippen LogP contribution in [0, 0.1) is 0 Å². The van der Waals surface area contributed by atoms with Crippen LogP contribution in [-0.2, 0) is 9.53 Å². The summed E-state index contributed by atoms with van der Waals surface area (Å²) in [6.45, 7) is 4.03. The van der Waals surface area contributed by atoms with Crippen LogP contribution in [0.4, 0.5) is 0 Å². The lowest BCUT2D eigenvalue weighted by Crippen LogP contribution is -2.23. The van der Waals surface area contributed by atoms with Crippen LogP contribution < -0.4 is 5.32 Å². The van der Waals surface area contributed by atoms with Crippen LogP contribution in [0.1, 0.15) is 19.8 Å². The van der Waals surface area contributed by atoms with Gasteiger partial charge >= 0.3 is 5.97 Å². The highest BCUT2D eigenvalue weighted by molar-refractivity contribution is 8.00. The van der Waals surface area contributed by atoms with Gasteiger partial charge in [0.05, 0.1) is 6.61 Å². The number of hydrogen-bond acceptors (Lipinski definition) is 4. The van der Waals surface area contributed by atoms with E-state index in [9.17, 15) is 4.79 Å². The van der Waals surface area contributed by atoms with Crippen LogP contribution in [0.25, 0.3) is 0 Å². The molecule has 0 aromatic carbocycles. The molecule has 3 nitrogen and oxygen atoms in total. The van der Waals surface area contributed by atoms with Crippen LogP contribution in [0.15, 0.2) is 12.2 Å². The first-order valence-corrected chi connectivity index (χ1v) is 6.53. The van der Waals surface area contributed by atoms with Gasteiger partial charge in [0.2, 0.25) is 0 Å². The highest BCUT2D eigenvalue weighted by Gasteiger charge is 2.13. The van der Waals surface area contributed by atoms with Gasteiger partial charge in [0.1, 0.15) is 0 Å². The minimum atomic E-state index is -0.255. The fraction of sp³-hybridized carbons (Fsp3) is 0.727. The fourth-order valence-corrected chi connectivity index (χ4v) is 2.71. The number of nitrogens with one attached hydrogen (secondary N) is 1. The maximum atomic E-state index is 10.9. The van der Waals surface area contributed by atoms with E-state index in [0.29, 0.717) is 6.61 Å². The predicted octanol–water partition coefficient (Wildman–Crippen LogP) is 1.59. The van der Waals surface area contributed by atoms with E-state index in [1.165, 1.54) is 24.7 Å². The third-order valence-corrected chi connectivity index (χ3v) is 3.60. The zero-order valence-corrected chi connectivity index (χ0v) is 10.0. The summed E-state index contributed by atoms with van der Waals surface area (Å²) in [4.78, 5) is 10.9. The number of carbonyl (C=O) groups is 1. The SMILES string of the molecule is CCOC(=O)/C=C/CNCC1CCCS1. The summed E-state index contributed by atoms with van der Waals surface area (Å²) in [5.74, 6) is 1.04. The maximum absolute atomic E-state index is 10.9. The monoisotopic (exact) mass is 229 g/mol. The second-order valence-electron chi connectivity index (χ2n) is 3.45. The molecule has 1 saturated heterocycles. The van der Waals surface area contributed by atoms with E-state index < -0.39 is 0 Å². The van der Waals surface area contributed by atoms with Crippen LogP contribution >= 0.6 is 11.8 Å². The van der Waals surface area contributed by atoms with Crippen LogP contribution in [0.2, 0.25) is 0 Å². The van der Waals surface area contributed by atoms with Crippen molar-refractivity contribution < 1.29 is 9.53 Å². The number of esters is 1. The smallest absolute Gasteiger partial charge is 0.330 e. The predicted molar refractivity (Wildman–Crippen MR) is 64.1 cm³/mol. The molecule has 15 heavy (non-hydrogen) atoms. The second kappa shape index (κ2) is 7.77. The van der Waals surface area contributed by atoms with Gasteiger partial charge in [-0.15, -0.1) is 0 Å². The van der Waals surface area contributed by atoms with Crippen molar-refractivity contribution in [2.45, 2.75) is 25.0 Å². The van der Waals surface area contributed by atoms with Crippen LogP contribution in [0.5, 0.6) is 0 Å². The van der Waals surface area contributed by atoms with Gasteiger partial charge in [-0.1, -0.05) is 6.08 Å². The van der Waals surface area contributed by atoms with Crippen molar-refractivity contribution in [1.29, 1.82) is 0 Å². The molecule has 0 amide bonds. The standard InChI is InChI=1S/C11H19NO2S/c1-2-14-11(13)6-3-7-12-9-10-5-4-8-15-10/h3,6,10,12H,2,4-5,7-9H2,1H3/b6-3+. The van der Waals surface area contributed by atoms with E-state index in [4.69, 9.17) is 4.74 Å². The van der Waals surface area contributed by atoms with Gasteiger partial charge in [0, 0.05) is 24.4 Å². The topological polar surface area (TPSA) is 38.3 Å². The van der Waals surface area contributed by atoms with Crippen molar-refractivity contribution in [2.75, 3.05) is 25.4 Å². The molecule has 0 saturated carbocycles. The molecule has 4 heteroatoms. The van der Waals surface area contributed by atoms with Crippen LogP contribution in [0.3, 0.4) is 0 Å². The number of rotatable bonds is 6. The Morgan fingerprint density at radius 1 is 1.67 bits per heavy atom. The first-order chi connectivity index (χ1) is 7.33. The normalized spacial score (nSPS) is 21.0. The molecule has 1 fully saturated rings. The van der Waals surface area contributed by atoms with E-state index in [1.54, 1.807) is 6.92 Å². The van der Waals surface area contributed by atoms with Crippen molar-refractivity contribution in [3.05, 3.63) is 12.2 Å². The Labute approximate surface area is 95.6 Å². The fourth-order valence-electron chi connectivity index (χ4n) is 1.48. The van der Waals surface area contributed by atoms with Crippen molar-refractivity contribution in [2.24, 2.45) is 0 Å². The number of carbonyl (C=O) groups excluding carboxylic acids is 1. The Kier molecular flexibility index (Phi) is 6.52. The Balaban J connectivity index is 1.97. The molecule has 1 aliphatic heterocycles. The molecular formula is C11H19NO2S. The maximum Gasteiger partial charge on any atom is 0.330 e. The van der Waals surface area contributed by atoms with E-state index in [-0.39, 0.29) is 5.97 Å². The largest absolute Gasteiger partial charge is 0.463 e. The van der Waals surface area contributed by atoms with Gasteiger partial charge in [0.15, 0.2) is 0 Å². The molecule has 0 spiro atoms. The highest BCUT2D eigenvalue weighted by atomic mass is 32.2. The molecule has 1 unspecified atom stereocenters. The molecule has 0 aromatic heterocycles. The van der Waals surface area contributed by atoms with Crippen molar-refractivity contribution >= 4 is 17.7 Å². The molecule has 1 atom stereocenters. The lowest BCUT2D eigenvalue weighted by Gasteiger charge is -2.07. The van der Waals surface area contributed by atoms with Gasteiger partial charge in [-0.2, -0.15) is 11.8 Å². The lowest BCUT2D eigenvalue weighted by molar-refractivity contribution is -0.137. The third kappa shape index (κ3) is 5.85. The van der Waals surface area contributed by atoms with Gasteiger partial charge in [-0.05, 0) is 25.5 Å². The Morgan fingerprint density at radius 3 is 3.20 bits per heavy atom. The quantitative estimate of drug-likeness (QED) is 0.426. The average molecular weight is 229 g/mol. The van der Waals surface area contributed by atoms with E-state index >= 15 is 0 Å². The molecular weight excluding hydrogens is 210 g/mol. The molecule has 0 aromatic rings. The van der Waals surface area contributed by atoms with E-state index in [1.807, 2.05) is 17.8 Å². The first kappa shape index (κ1) is 12.6. The summed E-state index contributed by atoms with van der Waals surface area (Å²) in [5.41, 5.74) is 0. The minimum Gasteiger partial charge on any atom is -0.463 e. The average Bonchev–Trinajstić information content (AvgIpc) is 2.70. The van der Waals surface area contributed by atoms with Gasteiger partial charge in [0.25, 0.3) is 0 Å². The molecule has 0 radical (unpaired) electrons. The van der Waals surface area contributed by atoms with Gasteiger partial charge in [-0.3, -0.25) is 0 Å². The van der Waals surface area contributed by atoms with Crippen molar-refractivity contribution in [3.63, 3.8) is 0 Å². The Morgan fingerprint density at radius 2 is 2.53 bits per heavy atom. The molecule has 1 rings (SSSR count). The summed E-state index contributed by atoms with van der Waals surface area (Å²) in [6.07, 6.45) is 5.96. The molecule has 0 aliphatic carbocycles. The lowest BCUT2D eigenvalue weighted by atomic mass is 10.2. The summed E-state index contributed by atoms with van der Waals surface area (Å²) >= 11 is 2.04. The molecule has 1 heterocycles. The van der Waals surface area contributed by atoms with E-state index in [0.717, 1.165) is 18.3 Å². The third-order valence-electron chi connectivity index (χ3n) is 2.20. The zero-order valence-electron chi connectivity index (χ0n) is 9.20. The molecule has 86 valence electrons. The molecule has 0 bridgehead atoms. The number of thioether (sulfide) groups is 1.